The van der Waals surface area contributed by atoms with E-state index >= 15 is 0 Å². The van der Waals surface area contributed by atoms with Crippen LogP contribution in [-0.4, -0.2) is 55.7 Å². The third-order valence-corrected chi connectivity index (χ3v) is 6.23. The SMILES string of the molecule is Cc1ccnc(C[C@H](C)N(C)S(=O)(=O)c2cccc(C(=O)N(C)C)c2)c1. The highest BCUT2D eigenvalue weighted by atomic mass is 32.2. The fourth-order valence-corrected chi connectivity index (χ4v) is 4.00. The molecular formula is C19H25N3O3S. The second kappa shape index (κ2) is 7.97. The molecule has 0 saturated heterocycles. The molecule has 0 aliphatic rings. The molecule has 0 bridgehead atoms. The average Bonchev–Trinajstić information content (AvgIpc) is 2.60. The van der Waals surface area contributed by atoms with E-state index in [2.05, 4.69) is 4.98 Å². The molecule has 1 aromatic heterocycles. The van der Waals surface area contributed by atoms with E-state index in [9.17, 15) is 13.2 Å². The van der Waals surface area contributed by atoms with E-state index in [4.69, 9.17) is 0 Å². The van der Waals surface area contributed by atoms with Gasteiger partial charge in [0.2, 0.25) is 10.0 Å². The number of nitrogens with zero attached hydrogens (tertiary/aromatic N) is 3. The van der Waals surface area contributed by atoms with Crippen molar-refractivity contribution in [2.75, 3.05) is 21.1 Å². The molecule has 0 fully saturated rings. The maximum atomic E-state index is 13.0. The smallest absolute Gasteiger partial charge is 0.253 e. The van der Waals surface area contributed by atoms with Gasteiger partial charge in [0.25, 0.3) is 5.91 Å². The van der Waals surface area contributed by atoms with Crippen molar-refractivity contribution in [2.45, 2.75) is 31.2 Å². The molecule has 2 aromatic rings. The first-order valence-electron chi connectivity index (χ1n) is 8.34. The van der Waals surface area contributed by atoms with Gasteiger partial charge in [-0.15, -0.1) is 0 Å². The molecule has 2 rings (SSSR count). The predicted octanol–water partition coefficient (Wildman–Crippen LogP) is 2.34. The molecule has 0 radical (unpaired) electrons. The van der Waals surface area contributed by atoms with Crippen molar-refractivity contribution in [1.29, 1.82) is 0 Å². The van der Waals surface area contributed by atoms with Crippen LogP contribution in [0.3, 0.4) is 0 Å². The molecule has 0 saturated carbocycles. The van der Waals surface area contributed by atoms with Gasteiger partial charge in [0, 0.05) is 51.1 Å². The molecule has 0 N–H and O–H groups in total. The number of carbonyl (C=O) groups excluding carboxylic acids is 1. The van der Waals surface area contributed by atoms with Gasteiger partial charge < -0.3 is 4.90 Å². The topological polar surface area (TPSA) is 70.6 Å². The van der Waals surface area contributed by atoms with Crippen molar-refractivity contribution in [1.82, 2.24) is 14.2 Å². The lowest BCUT2D eigenvalue weighted by molar-refractivity contribution is 0.0827. The van der Waals surface area contributed by atoms with Crippen LogP contribution in [0, 0.1) is 6.92 Å². The Kier molecular flexibility index (Phi) is 6.15. The quantitative estimate of drug-likeness (QED) is 0.777. The Balaban J connectivity index is 2.25. The Hall–Kier alpha value is -2.25. The zero-order valence-electron chi connectivity index (χ0n) is 15.8. The summed E-state index contributed by atoms with van der Waals surface area (Å²) in [5.41, 5.74) is 2.27. The Bertz CT molecular complexity index is 894. The van der Waals surface area contributed by atoms with Crippen LogP contribution in [0.5, 0.6) is 0 Å². The van der Waals surface area contributed by atoms with Gasteiger partial charge in [0.05, 0.1) is 4.90 Å². The van der Waals surface area contributed by atoms with Crippen LogP contribution in [0.25, 0.3) is 0 Å². The number of sulfonamides is 1. The molecule has 1 heterocycles. The minimum Gasteiger partial charge on any atom is -0.345 e. The summed E-state index contributed by atoms with van der Waals surface area (Å²) in [5.74, 6) is -0.235. The van der Waals surface area contributed by atoms with Crippen LogP contribution in [0.15, 0.2) is 47.5 Å². The molecule has 0 aliphatic carbocycles. The minimum atomic E-state index is -3.72. The number of hydrogen-bond acceptors (Lipinski definition) is 4. The van der Waals surface area contributed by atoms with E-state index in [1.807, 2.05) is 26.0 Å². The monoisotopic (exact) mass is 375 g/mol. The molecule has 1 amide bonds. The summed E-state index contributed by atoms with van der Waals surface area (Å²) in [6.45, 7) is 3.82. The summed E-state index contributed by atoms with van der Waals surface area (Å²) in [6, 6.07) is 9.71. The van der Waals surface area contributed by atoms with Crippen LogP contribution < -0.4 is 0 Å². The van der Waals surface area contributed by atoms with Gasteiger partial charge in [-0.05, 0) is 49.7 Å². The van der Waals surface area contributed by atoms with E-state index in [0.717, 1.165) is 11.3 Å². The van der Waals surface area contributed by atoms with Gasteiger partial charge >= 0.3 is 0 Å². The van der Waals surface area contributed by atoms with Crippen molar-refractivity contribution < 1.29 is 13.2 Å². The maximum Gasteiger partial charge on any atom is 0.253 e. The lowest BCUT2D eigenvalue weighted by Gasteiger charge is -2.24. The Morgan fingerprint density at radius 2 is 1.85 bits per heavy atom. The Labute approximate surface area is 155 Å². The number of aromatic nitrogens is 1. The summed E-state index contributed by atoms with van der Waals surface area (Å²) in [7, 11) is 1.10. The van der Waals surface area contributed by atoms with Crippen LogP contribution >= 0.6 is 0 Å². The number of aryl methyl sites for hydroxylation is 1. The van der Waals surface area contributed by atoms with Crippen LogP contribution in [0.4, 0.5) is 0 Å². The molecule has 7 heteroatoms. The van der Waals surface area contributed by atoms with Crippen LogP contribution in [-0.2, 0) is 16.4 Å². The summed E-state index contributed by atoms with van der Waals surface area (Å²) in [6.07, 6.45) is 2.23. The third-order valence-electron chi connectivity index (χ3n) is 4.26. The maximum absolute atomic E-state index is 13.0. The second-order valence-electron chi connectivity index (χ2n) is 6.63. The standard InChI is InChI=1S/C19H25N3O3S/c1-14-9-10-20-17(11-14)12-15(2)22(5)26(24,25)18-8-6-7-16(13-18)19(23)21(3)4/h6-11,13,15H,12H2,1-5H3/t15-/m0/s1. The van der Waals surface area contributed by atoms with Crippen molar-refractivity contribution in [2.24, 2.45) is 0 Å². The normalized spacial score (nSPS) is 12.8. The first-order chi connectivity index (χ1) is 12.1. The van der Waals surface area contributed by atoms with Gasteiger partial charge in [-0.2, -0.15) is 4.31 Å². The van der Waals surface area contributed by atoms with Gasteiger partial charge in [-0.3, -0.25) is 9.78 Å². The number of hydrogen-bond donors (Lipinski definition) is 0. The molecule has 0 unspecified atom stereocenters. The van der Waals surface area contributed by atoms with E-state index < -0.39 is 10.0 Å². The van der Waals surface area contributed by atoms with Gasteiger partial charge in [0.1, 0.15) is 0 Å². The average molecular weight is 375 g/mol. The van der Waals surface area contributed by atoms with Crippen LogP contribution in [0.1, 0.15) is 28.5 Å². The lowest BCUT2D eigenvalue weighted by atomic mass is 10.1. The van der Waals surface area contributed by atoms with E-state index in [1.165, 1.54) is 21.3 Å². The van der Waals surface area contributed by atoms with E-state index in [0.29, 0.717) is 12.0 Å². The highest BCUT2D eigenvalue weighted by molar-refractivity contribution is 7.89. The fourth-order valence-electron chi connectivity index (χ4n) is 2.59. The van der Waals surface area contributed by atoms with E-state index in [1.54, 1.807) is 39.5 Å². The molecular weight excluding hydrogens is 350 g/mol. The largest absolute Gasteiger partial charge is 0.345 e. The zero-order chi connectivity index (χ0) is 19.5. The molecule has 1 atom stereocenters. The molecule has 0 aliphatic heterocycles. The molecule has 6 nitrogen and oxygen atoms in total. The summed E-state index contributed by atoms with van der Waals surface area (Å²) < 4.78 is 27.2. The number of amides is 1. The van der Waals surface area contributed by atoms with Gasteiger partial charge in [0.15, 0.2) is 0 Å². The highest BCUT2D eigenvalue weighted by Crippen LogP contribution is 2.20. The van der Waals surface area contributed by atoms with Crippen molar-refractivity contribution >= 4 is 15.9 Å². The third kappa shape index (κ3) is 4.47. The number of pyridine rings is 1. The summed E-state index contributed by atoms with van der Waals surface area (Å²) in [5, 5.41) is 0. The number of likely N-dealkylation sites (N-methyl/N-ethyl adjacent to an activating group) is 1. The highest BCUT2D eigenvalue weighted by Gasteiger charge is 2.26. The first-order valence-corrected chi connectivity index (χ1v) is 9.78. The molecule has 1 aromatic carbocycles. The second-order valence-corrected chi connectivity index (χ2v) is 8.62. The molecule has 140 valence electrons. The van der Waals surface area contributed by atoms with Crippen molar-refractivity contribution in [3.8, 4) is 0 Å². The molecule has 0 spiro atoms. The minimum absolute atomic E-state index is 0.108. The Morgan fingerprint density at radius 1 is 1.15 bits per heavy atom. The van der Waals surface area contributed by atoms with Crippen LogP contribution in [0.2, 0.25) is 0 Å². The number of carbonyl (C=O) groups is 1. The zero-order valence-corrected chi connectivity index (χ0v) is 16.6. The first kappa shape index (κ1) is 20.1. The van der Waals surface area contributed by atoms with Gasteiger partial charge in [-0.25, -0.2) is 8.42 Å². The fraction of sp³-hybridized carbons (Fsp3) is 0.368. The summed E-state index contributed by atoms with van der Waals surface area (Å²) >= 11 is 0. The number of benzene rings is 1. The Morgan fingerprint density at radius 3 is 2.46 bits per heavy atom. The summed E-state index contributed by atoms with van der Waals surface area (Å²) in [4.78, 5) is 17.9. The molecule has 26 heavy (non-hydrogen) atoms. The van der Waals surface area contributed by atoms with Gasteiger partial charge in [-0.1, -0.05) is 6.07 Å². The van der Waals surface area contributed by atoms with Crippen molar-refractivity contribution in [3.63, 3.8) is 0 Å². The number of rotatable bonds is 6. The lowest BCUT2D eigenvalue weighted by Crippen LogP contribution is -2.36. The predicted molar refractivity (Wildman–Crippen MR) is 102 cm³/mol. The van der Waals surface area contributed by atoms with E-state index in [-0.39, 0.29) is 16.8 Å². The van der Waals surface area contributed by atoms with Crippen molar-refractivity contribution in [3.05, 3.63) is 59.4 Å².